The summed E-state index contributed by atoms with van der Waals surface area (Å²) in [5.74, 6) is 0.571. The second kappa shape index (κ2) is 8.16. The van der Waals surface area contributed by atoms with E-state index in [2.05, 4.69) is 67.7 Å². The first-order chi connectivity index (χ1) is 12.2. The molecule has 2 N–H and O–H groups in total. The monoisotopic (exact) mass is 337 g/mol. The van der Waals surface area contributed by atoms with Crippen LogP contribution in [-0.2, 0) is 12.0 Å². The van der Waals surface area contributed by atoms with E-state index in [1.807, 2.05) is 0 Å². The minimum Gasteiger partial charge on any atom is -0.395 e. The molecule has 25 heavy (non-hydrogen) atoms. The van der Waals surface area contributed by atoms with Gasteiger partial charge in [-0.2, -0.15) is 0 Å². The van der Waals surface area contributed by atoms with E-state index in [-0.39, 0.29) is 12.1 Å². The van der Waals surface area contributed by atoms with E-state index in [4.69, 9.17) is 0 Å². The first-order valence-corrected chi connectivity index (χ1v) is 9.74. The molecule has 0 spiro atoms. The van der Waals surface area contributed by atoms with Crippen molar-refractivity contribution in [1.29, 1.82) is 0 Å². The Bertz CT molecular complexity index is 696. The van der Waals surface area contributed by atoms with E-state index in [1.54, 1.807) is 0 Å². The van der Waals surface area contributed by atoms with Crippen LogP contribution in [0.1, 0.15) is 67.7 Å². The van der Waals surface area contributed by atoms with Gasteiger partial charge in [0.1, 0.15) is 0 Å². The first-order valence-electron chi connectivity index (χ1n) is 9.74. The molecule has 2 atom stereocenters. The van der Waals surface area contributed by atoms with Crippen LogP contribution in [-0.4, -0.2) is 18.3 Å². The SMILES string of the molecule is CCCCC[C@@H]1Cc2ccccc2[C@](C)(NCCO)c2ccccc21. The second-order valence-corrected chi connectivity index (χ2v) is 7.42. The molecule has 0 fully saturated rings. The van der Waals surface area contributed by atoms with E-state index in [1.165, 1.54) is 47.9 Å². The van der Waals surface area contributed by atoms with Gasteiger partial charge in [0.2, 0.25) is 0 Å². The Labute approximate surface area is 152 Å². The van der Waals surface area contributed by atoms with Crippen molar-refractivity contribution >= 4 is 0 Å². The number of aliphatic hydroxyl groups is 1. The van der Waals surface area contributed by atoms with Gasteiger partial charge in [0.25, 0.3) is 0 Å². The summed E-state index contributed by atoms with van der Waals surface area (Å²) >= 11 is 0. The number of hydrogen-bond donors (Lipinski definition) is 2. The zero-order valence-electron chi connectivity index (χ0n) is 15.6. The Morgan fingerprint density at radius 3 is 2.52 bits per heavy atom. The number of benzene rings is 2. The largest absolute Gasteiger partial charge is 0.395 e. The molecular weight excluding hydrogens is 306 g/mol. The van der Waals surface area contributed by atoms with Crippen molar-refractivity contribution < 1.29 is 5.11 Å². The van der Waals surface area contributed by atoms with Crippen LogP contribution in [0.25, 0.3) is 0 Å². The fourth-order valence-electron chi connectivity index (χ4n) is 4.41. The van der Waals surface area contributed by atoms with Gasteiger partial charge in [0, 0.05) is 6.54 Å². The molecule has 3 rings (SSSR count). The van der Waals surface area contributed by atoms with Crippen LogP contribution < -0.4 is 5.32 Å². The van der Waals surface area contributed by atoms with Gasteiger partial charge in [-0.25, -0.2) is 0 Å². The lowest BCUT2D eigenvalue weighted by Crippen LogP contribution is -2.42. The van der Waals surface area contributed by atoms with Gasteiger partial charge in [-0.3, -0.25) is 0 Å². The van der Waals surface area contributed by atoms with Crippen LogP contribution in [0.3, 0.4) is 0 Å². The Hall–Kier alpha value is -1.64. The summed E-state index contributed by atoms with van der Waals surface area (Å²) in [5, 5.41) is 13.0. The Morgan fingerprint density at radius 2 is 1.76 bits per heavy atom. The molecule has 0 radical (unpaired) electrons. The van der Waals surface area contributed by atoms with Crippen LogP contribution in [0.15, 0.2) is 48.5 Å². The number of hydrogen-bond acceptors (Lipinski definition) is 2. The summed E-state index contributed by atoms with van der Waals surface area (Å²) in [5.41, 5.74) is 5.38. The van der Waals surface area contributed by atoms with Crippen LogP contribution in [0.5, 0.6) is 0 Å². The normalized spacial score (nSPS) is 22.1. The van der Waals surface area contributed by atoms with Gasteiger partial charge < -0.3 is 10.4 Å². The highest BCUT2D eigenvalue weighted by atomic mass is 16.3. The molecule has 0 bridgehead atoms. The topological polar surface area (TPSA) is 32.3 Å². The van der Waals surface area contributed by atoms with Crippen molar-refractivity contribution in [3.8, 4) is 0 Å². The molecule has 2 aromatic rings. The lowest BCUT2D eigenvalue weighted by molar-refractivity contribution is 0.272. The average Bonchev–Trinajstić information content (AvgIpc) is 2.75. The van der Waals surface area contributed by atoms with E-state index >= 15 is 0 Å². The highest BCUT2D eigenvalue weighted by Gasteiger charge is 2.36. The van der Waals surface area contributed by atoms with Crippen molar-refractivity contribution in [3.05, 3.63) is 70.8 Å². The summed E-state index contributed by atoms with van der Waals surface area (Å²) in [6.07, 6.45) is 6.21. The van der Waals surface area contributed by atoms with E-state index < -0.39 is 0 Å². The molecule has 2 nitrogen and oxygen atoms in total. The third-order valence-corrected chi connectivity index (χ3v) is 5.71. The predicted octanol–water partition coefficient (Wildman–Crippen LogP) is 4.75. The smallest absolute Gasteiger partial charge is 0.0668 e. The highest BCUT2D eigenvalue weighted by molar-refractivity contribution is 5.50. The van der Waals surface area contributed by atoms with Crippen LogP contribution in [0, 0.1) is 0 Å². The lowest BCUT2D eigenvalue weighted by Gasteiger charge is -2.34. The molecule has 1 aliphatic rings. The summed E-state index contributed by atoms with van der Waals surface area (Å²) in [6.45, 7) is 5.29. The summed E-state index contributed by atoms with van der Waals surface area (Å²) in [6, 6.07) is 17.7. The highest BCUT2D eigenvalue weighted by Crippen LogP contribution is 2.43. The number of nitrogens with one attached hydrogen (secondary N) is 1. The van der Waals surface area contributed by atoms with Gasteiger partial charge in [0.05, 0.1) is 12.1 Å². The molecule has 0 amide bonds. The average molecular weight is 338 g/mol. The summed E-state index contributed by atoms with van der Waals surface area (Å²) in [4.78, 5) is 0. The summed E-state index contributed by atoms with van der Waals surface area (Å²) in [7, 11) is 0. The maximum absolute atomic E-state index is 9.41. The fraction of sp³-hybridized carbons (Fsp3) is 0.478. The third-order valence-electron chi connectivity index (χ3n) is 5.71. The molecule has 0 saturated heterocycles. The Balaban J connectivity index is 2.09. The van der Waals surface area contributed by atoms with E-state index in [0.717, 1.165) is 6.42 Å². The van der Waals surface area contributed by atoms with Crippen LogP contribution in [0.2, 0.25) is 0 Å². The number of aliphatic hydroxyl groups excluding tert-OH is 1. The quantitative estimate of drug-likeness (QED) is 0.715. The van der Waals surface area contributed by atoms with Crippen molar-refractivity contribution in [2.75, 3.05) is 13.2 Å². The molecule has 0 heterocycles. The maximum Gasteiger partial charge on any atom is 0.0668 e. The molecule has 2 heteroatoms. The molecule has 0 aromatic heterocycles. The predicted molar refractivity (Wildman–Crippen MR) is 105 cm³/mol. The van der Waals surface area contributed by atoms with E-state index in [9.17, 15) is 5.11 Å². The minimum atomic E-state index is -0.255. The zero-order valence-corrected chi connectivity index (χ0v) is 15.6. The van der Waals surface area contributed by atoms with Crippen molar-refractivity contribution in [1.82, 2.24) is 5.32 Å². The van der Waals surface area contributed by atoms with Crippen molar-refractivity contribution in [2.45, 2.75) is 57.4 Å². The lowest BCUT2D eigenvalue weighted by atomic mass is 9.80. The van der Waals surface area contributed by atoms with Gasteiger partial charge in [-0.15, -0.1) is 0 Å². The van der Waals surface area contributed by atoms with Gasteiger partial charge in [0.15, 0.2) is 0 Å². The minimum absolute atomic E-state index is 0.153. The van der Waals surface area contributed by atoms with Crippen LogP contribution in [0.4, 0.5) is 0 Å². The molecule has 134 valence electrons. The molecule has 2 aromatic carbocycles. The zero-order chi connectivity index (χ0) is 17.7. The Morgan fingerprint density at radius 1 is 1.04 bits per heavy atom. The molecule has 0 aliphatic heterocycles. The van der Waals surface area contributed by atoms with Gasteiger partial charge in [-0.05, 0) is 47.9 Å². The number of fused-ring (bicyclic) bond motifs is 2. The van der Waals surface area contributed by atoms with Crippen molar-refractivity contribution in [3.63, 3.8) is 0 Å². The first kappa shape index (κ1) is 18.2. The molecule has 0 unspecified atom stereocenters. The maximum atomic E-state index is 9.41. The molecule has 0 saturated carbocycles. The van der Waals surface area contributed by atoms with Gasteiger partial charge >= 0.3 is 0 Å². The van der Waals surface area contributed by atoms with E-state index in [0.29, 0.717) is 12.5 Å². The second-order valence-electron chi connectivity index (χ2n) is 7.42. The molecule has 1 aliphatic carbocycles. The fourth-order valence-corrected chi connectivity index (χ4v) is 4.41. The Kier molecular flexibility index (Phi) is 5.93. The van der Waals surface area contributed by atoms with Gasteiger partial charge in [-0.1, -0.05) is 74.7 Å². The standard InChI is InChI=1S/C23H31NO/c1-3-4-5-10-18-17-19-11-6-8-13-21(19)23(2,24-15-16-25)22-14-9-7-12-20(18)22/h6-9,11-14,18,24-25H,3-5,10,15-17H2,1-2H3/t18-,23+/m1/s1. The molecular formula is C23H31NO. The number of unbranched alkanes of at least 4 members (excludes halogenated alkanes) is 2. The summed E-state index contributed by atoms with van der Waals surface area (Å²) < 4.78 is 0. The van der Waals surface area contributed by atoms with Crippen molar-refractivity contribution in [2.24, 2.45) is 0 Å². The third kappa shape index (κ3) is 3.65. The van der Waals surface area contributed by atoms with Crippen LogP contribution >= 0.6 is 0 Å². The number of rotatable bonds is 7.